The highest BCUT2D eigenvalue weighted by atomic mass is 16.7. The second-order valence-electron chi connectivity index (χ2n) is 6.92. The van der Waals surface area contributed by atoms with Crippen molar-refractivity contribution in [3.63, 3.8) is 0 Å². The summed E-state index contributed by atoms with van der Waals surface area (Å²) in [6, 6.07) is 5.54. The van der Waals surface area contributed by atoms with Gasteiger partial charge in [0.05, 0.1) is 44.8 Å². The molecule has 1 amide bonds. The quantitative estimate of drug-likeness (QED) is 0.547. The zero-order chi connectivity index (χ0) is 20.0. The third-order valence-electron chi connectivity index (χ3n) is 5.23. The van der Waals surface area contributed by atoms with Gasteiger partial charge >= 0.3 is 6.09 Å². The summed E-state index contributed by atoms with van der Waals surface area (Å²) in [6.07, 6.45) is 3.53. The lowest BCUT2D eigenvalue weighted by molar-refractivity contribution is -0.0432. The maximum absolute atomic E-state index is 11.8. The fourth-order valence-corrected chi connectivity index (χ4v) is 3.71. The second kappa shape index (κ2) is 9.14. The summed E-state index contributed by atoms with van der Waals surface area (Å²) < 4.78 is 21.8. The molecule has 28 heavy (non-hydrogen) atoms. The maximum atomic E-state index is 11.8. The lowest BCUT2D eigenvalue weighted by Crippen LogP contribution is -2.46. The SMILES string of the molecule is CCOC(=O)N1CCC2(CC1)CC(O/N=C/c1c(OC)cccc1OC)CO2. The van der Waals surface area contributed by atoms with Crippen LogP contribution in [0.1, 0.15) is 31.7 Å². The number of benzene rings is 1. The molecule has 1 aromatic rings. The number of hydrogen-bond acceptors (Lipinski definition) is 7. The highest BCUT2D eigenvalue weighted by Gasteiger charge is 2.44. The summed E-state index contributed by atoms with van der Waals surface area (Å²) in [6.45, 7) is 3.95. The van der Waals surface area contributed by atoms with Crippen LogP contribution in [0.25, 0.3) is 0 Å². The molecule has 2 aliphatic rings. The molecule has 0 N–H and O–H groups in total. The molecule has 2 aliphatic heterocycles. The summed E-state index contributed by atoms with van der Waals surface area (Å²) in [7, 11) is 3.20. The number of methoxy groups -OCH3 is 2. The van der Waals surface area contributed by atoms with Gasteiger partial charge in [-0.05, 0) is 31.9 Å². The first-order chi connectivity index (χ1) is 13.6. The van der Waals surface area contributed by atoms with Crippen molar-refractivity contribution in [2.75, 3.05) is 40.5 Å². The van der Waals surface area contributed by atoms with Crippen molar-refractivity contribution in [3.8, 4) is 11.5 Å². The molecule has 2 heterocycles. The first-order valence-electron chi connectivity index (χ1n) is 9.56. The third kappa shape index (κ3) is 4.49. The first kappa shape index (κ1) is 20.3. The monoisotopic (exact) mass is 392 g/mol. The molecule has 0 aromatic heterocycles. The van der Waals surface area contributed by atoms with Gasteiger partial charge in [0.15, 0.2) is 6.10 Å². The molecule has 0 bridgehead atoms. The van der Waals surface area contributed by atoms with Gasteiger partial charge in [-0.15, -0.1) is 0 Å². The smallest absolute Gasteiger partial charge is 0.409 e. The van der Waals surface area contributed by atoms with E-state index in [1.54, 1.807) is 25.3 Å². The molecule has 8 heteroatoms. The summed E-state index contributed by atoms with van der Waals surface area (Å²) >= 11 is 0. The summed E-state index contributed by atoms with van der Waals surface area (Å²) in [4.78, 5) is 19.3. The Balaban J connectivity index is 1.54. The molecular weight excluding hydrogens is 364 g/mol. The second-order valence-corrected chi connectivity index (χ2v) is 6.92. The molecule has 1 unspecified atom stereocenters. The Morgan fingerprint density at radius 3 is 2.57 bits per heavy atom. The number of ether oxygens (including phenoxy) is 4. The van der Waals surface area contributed by atoms with Gasteiger partial charge in [-0.2, -0.15) is 0 Å². The maximum Gasteiger partial charge on any atom is 0.409 e. The van der Waals surface area contributed by atoms with E-state index in [1.165, 1.54) is 0 Å². The number of likely N-dealkylation sites (tertiary alicyclic amines) is 1. The molecule has 2 saturated heterocycles. The molecule has 3 rings (SSSR count). The fourth-order valence-electron chi connectivity index (χ4n) is 3.71. The molecule has 1 aromatic carbocycles. The highest BCUT2D eigenvalue weighted by molar-refractivity contribution is 5.87. The van der Waals surface area contributed by atoms with E-state index in [0.29, 0.717) is 37.8 Å². The van der Waals surface area contributed by atoms with Gasteiger partial charge in [0.25, 0.3) is 0 Å². The van der Waals surface area contributed by atoms with Gasteiger partial charge in [0.1, 0.15) is 11.5 Å². The molecule has 0 radical (unpaired) electrons. The van der Waals surface area contributed by atoms with Crippen LogP contribution in [0.4, 0.5) is 4.79 Å². The van der Waals surface area contributed by atoms with Gasteiger partial charge in [0.2, 0.25) is 0 Å². The van der Waals surface area contributed by atoms with Gasteiger partial charge in [0, 0.05) is 19.5 Å². The van der Waals surface area contributed by atoms with Crippen LogP contribution in [0.3, 0.4) is 0 Å². The van der Waals surface area contributed by atoms with Gasteiger partial charge in [-0.3, -0.25) is 0 Å². The zero-order valence-corrected chi connectivity index (χ0v) is 16.7. The fraction of sp³-hybridized carbons (Fsp3) is 0.600. The number of amides is 1. The number of piperidine rings is 1. The Morgan fingerprint density at radius 2 is 1.96 bits per heavy atom. The van der Waals surface area contributed by atoms with E-state index < -0.39 is 0 Å². The number of rotatable bonds is 6. The van der Waals surface area contributed by atoms with E-state index in [1.807, 2.05) is 25.1 Å². The number of oxime groups is 1. The Hall–Kier alpha value is -2.48. The predicted molar refractivity (Wildman–Crippen MR) is 103 cm³/mol. The largest absolute Gasteiger partial charge is 0.496 e. The summed E-state index contributed by atoms with van der Waals surface area (Å²) in [5.74, 6) is 1.33. The Kier molecular flexibility index (Phi) is 6.61. The predicted octanol–water partition coefficient (Wildman–Crippen LogP) is 2.83. The van der Waals surface area contributed by atoms with Crippen molar-refractivity contribution in [2.45, 2.75) is 37.9 Å². The minimum atomic E-state index is -0.251. The van der Waals surface area contributed by atoms with Crippen LogP contribution in [0.5, 0.6) is 11.5 Å². The van der Waals surface area contributed by atoms with E-state index in [0.717, 1.165) is 24.8 Å². The molecule has 1 spiro atoms. The Bertz CT molecular complexity index is 678. The molecular formula is C20H28N2O6. The van der Waals surface area contributed by atoms with Gasteiger partial charge in [-0.1, -0.05) is 11.2 Å². The van der Waals surface area contributed by atoms with E-state index >= 15 is 0 Å². The van der Waals surface area contributed by atoms with Crippen LogP contribution in [0, 0.1) is 0 Å². The van der Waals surface area contributed by atoms with Crippen LogP contribution in [-0.4, -0.2) is 69.4 Å². The van der Waals surface area contributed by atoms with Crippen LogP contribution >= 0.6 is 0 Å². The molecule has 2 fully saturated rings. The average Bonchev–Trinajstić information content (AvgIpc) is 3.11. The zero-order valence-electron chi connectivity index (χ0n) is 16.7. The van der Waals surface area contributed by atoms with Crippen LogP contribution in [-0.2, 0) is 14.3 Å². The number of carbonyl (C=O) groups is 1. The van der Waals surface area contributed by atoms with Crippen molar-refractivity contribution in [1.82, 2.24) is 4.90 Å². The van der Waals surface area contributed by atoms with E-state index in [4.69, 9.17) is 23.8 Å². The van der Waals surface area contributed by atoms with Crippen LogP contribution < -0.4 is 9.47 Å². The third-order valence-corrected chi connectivity index (χ3v) is 5.23. The highest BCUT2D eigenvalue weighted by Crippen LogP contribution is 2.37. The lowest BCUT2D eigenvalue weighted by Gasteiger charge is -2.37. The van der Waals surface area contributed by atoms with Crippen molar-refractivity contribution >= 4 is 12.3 Å². The molecule has 1 atom stereocenters. The molecule has 0 saturated carbocycles. The Morgan fingerprint density at radius 1 is 1.29 bits per heavy atom. The first-order valence-corrected chi connectivity index (χ1v) is 9.56. The molecule has 8 nitrogen and oxygen atoms in total. The topological polar surface area (TPSA) is 78.8 Å². The van der Waals surface area contributed by atoms with Crippen molar-refractivity contribution in [3.05, 3.63) is 23.8 Å². The van der Waals surface area contributed by atoms with Crippen LogP contribution in [0.2, 0.25) is 0 Å². The number of hydrogen-bond donors (Lipinski definition) is 0. The number of nitrogens with zero attached hydrogens (tertiary/aromatic N) is 2. The van der Waals surface area contributed by atoms with E-state index in [-0.39, 0.29) is 17.8 Å². The van der Waals surface area contributed by atoms with Gasteiger partial charge < -0.3 is 28.7 Å². The lowest BCUT2D eigenvalue weighted by atomic mass is 9.88. The minimum absolute atomic E-state index is 0.119. The average molecular weight is 392 g/mol. The molecule has 154 valence electrons. The summed E-state index contributed by atoms with van der Waals surface area (Å²) in [5.41, 5.74) is 0.481. The molecule has 0 aliphatic carbocycles. The van der Waals surface area contributed by atoms with Crippen molar-refractivity contribution in [2.24, 2.45) is 5.16 Å². The Labute approximate surface area is 165 Å². The van der Waals surface area contributed by atoms with Crippen molar-refractivity contribution in [1.29, 1.82) is 0 Å². The standard InChI is InChI=1S/C20H28N2O6/c1-4-26-19(23)22-10-8-20(9-11-22)12-15(14-27-20)28-21-13-16-17(24-2)6-5-7-18(16)25-3/h5-7,13,15H,4,8-12,14H2,1-3H3/b21-13+. The normalized spacial score (nSPS) is 21.1. The van der Waals surface area contributed by atoms with Crippen LogP contribution in [0.15, 0.2) is 23.4 Å². The van der Waals surface area contributed by atoms with E-state index in [9.17, 15) is 4.79 Å². The van der Waals surface area contributed by atoms with E-state index in [2.05, 4.69) is 5.16 Å². The number of carbonyl (C=O) groups excluding carboxylic acids is 1. The summed E-state index contributed by atoms with van der Waals surface area (Å²) in [5, 5.41) is 4.14. The van der Waals surface area contributed by atoms with Crippen molar-refractivity contribution < 1.29 is 28.6 Å². The van der Waals surface area contributed by atoms with Gasteiger partial charge in [-0.25, -0.2) is 4.79 Å². The minimum Gasteiger partial charge on any atom is -0.496 e.